The molecule has 1 saturated heterocycles. The van der Waals surface area contributed by atoms with Crippen molar-refractivity contribution in [3.63, 3.8) is 0 Å². The first-order valence-electron chi connectivity index (χ1n) is 6.53. The molecular weight excluding hydrogens is 260 g/mol. The molecule has 0 spiro atoms. The van der Waals surface area contributed by atoms with E-state index in [1.807, 2.05) is 6.92 Å². The molecule has 2 heterocycles. The number of nitrogens with zero attached hydrogens (tertiary/aromatic N) is 5. The van der Waals surface area contributed by atoms with Gasteiger partial charge in [0, 0.05) is 39.4 Å². The summed E-state index contributed by atoms with van der Waals surface area (Å²) in [6.45, 7) is 4.48. The number of aryl methyl sites for hydroxylation is 1. The summed E-state index contributed by atoms with van der Waals surface area (Å²) in [6, 6.07) is 1.58. The summed E-state index contributed by atoms with van der Waals surface area (Å²) in [7, 11) is 1.79. The van der Waals surface area contributed by atoms with Gasteiger partial charge in [-0.25, -0.2) is 0 Å². The maximum absolute atomic E-state index is 12.2. The normalized spacial score (nSPS) is 19.1. The van der Waals surface area contributed by atoms with Gasteiger partial charge in [-0.3, -0.25) is 14.4 Å². The zero-order valence-electron chi connectivity index (χ0n) is 11.7. The highest BCUT2D eigenvalue weighted by molar-refractivity contribution is 5.92. The number of carbonyl (C=O) groups excluding carboxylic acids is 1. The Balaban J connectivity index is 1.93. The predicted octanol–water partition coefficient (Wildman–Crippen LogP) is -0.687. The molecule has 8 nitrogen and oxygen atoms in total. The number of hydrogen-bond acceptors (Lipinski definition) is 5. The lowest BCUT2D eigenvalue weighted by Gasteiger charge is -2.37. The van der Waals surface area contributed by atoms with Gasteiger partial charge in [0.2, 0.25) is 0 Å². The van der Waals surface area contributed by atoms with Crippen LogP contribution in [0.25, 0.3) is 0 Å². The Morgan fingerprint density at radius 2 is 2.10 bits per heavy atom. The van der Waals surface area contributed by atoms with Crippen LogP contribution in [0.4, 0.5) is 0 Å². The average Bonchev–Trinajstić information content (AvgIpc) is 2.91. The average molecular weight is 280 g/mol. The van der Waals surface area contributed by atoms with Crippen LogP contribution in [0.3, 0.4) is 0 Å². The molecule has 3 N–H and O–H groups in total. The predicted molar refractivity (Wildman–Crippen MR) is 73.6 cm³/mol. The minimum Gasteiger partial charge on any atom is -0.409 e. The Bertz CT molecular complexity index is 504. The quantitative estimate of drug-likeness (QED) is 0.330. The van der Waals surface area contributed by atoms with E-state index in [0.29, 0.717) is 31.9 Å². The highest BCUT2D eigenvalue weighted by Gasteiger charge is 2.27. The molecule has 1 aromatic rings. The third kappa shape index (κ3) is 2.90. The number of nitrogens with two attached hydrogens (primary N) is 1. The van der Waals surface area contributed by atoms with Crippen molar-refractivity contribution in [1.29, 1.82) is 0 Å². The molecule has 0 bridgehead atoms. The summed E-state index contributed by atoms with van der Waals surface area (Å²) >= 11 is 0. The first-order chi connectivity index (χ1) is 9.52. The SMILES string of the molecule is CC(/C(N)=N/O)N1CCN(C(=O)c2ccn(C)n2)CC1. The van der Waals surface area contributed by atoms with E-state index < -0.39 is 0 Å². The molecule has 0 aromatic carbocycles. The number of carbonyl (C=O) groups is 1. The van der Waals surface area contributed by atoms with Crippen molar-refractivity contribution in [2.24, 2.45) is 17.9 Å². The van der Waals surface area contributed by atoms with Crippen molar-refractivity contribution in [1.82, 2.24) is 19.6 Å². The van der Waals surface area contributed by atoms with Gasteiger partial charge in [-0.05, 0) is 13.0 Å². The maximum Gasteiger partial charge on any atom is 0.274 e. The van der Waals surface area contributed by atoms with E-state index >= 15 is 0 Å². The second-order valence-corrected chi connectivity index (χ2v) is 4.90. The van der Waals surface area contributed by atoms with Crippen LogP contribution in [0.5, 0.6) is 0 Å². The number of amidine groups is 1. The number of oxime groups is 1. The topological polar surface area (TPSA) is 100.0 Å². The van der Waals surface area contributed by atoms with Gasteiger partial charge < -0.3 is 15.8 Å². The first-order valence-corrected chi connectivity index (χ1v) is 6.53. The maximum atomic E-state index is 12.2. The van der Waals surface area contributed by atoms with Crippen molar-refractivity contribution in [2.45, 2.75) is 13.0 Å². The highest BCUT2D eigenvalue weighted by atomic mass is 16.4. The number of rotatable bonds is 3. The standard InChI is InChI=1S/C12H20N6O2/c1-9(11(13)15-20)17-5-7-18(8-6-17)12(19)10-3-4-16(2)14-10/h3-4,9,20H,5-8H2,1-2H3,(H2,13,15). The van der Waals surface area contributed by atoms with Crippen LogP contribution in [0.2, 0.25) is 0 Å². The summed E-state index contributed by atoms with van der Waals surface area (Å²) in [6.07, 6.45) is 1.75. The van der Waals surface area contributed by atoms with E-state index in [2.05, 4.69) is 15.2 Å². The van der Waals surface area contributed by atoms with Gasteiger partial charge in [0.1, 0.15) is 5.69 Å². The fourth-order valence-electron chi connectivity index (χ4n) is 2.27. The Morgan fingerprint density at radius 3 is 2.60 bits per heavy atom. The van der Waals surface area contributed by atoms with Crippen molar-refractivity contribution in [3.8, 4) is 0 Å². The second kappa shape index (κ2) is 5.91. The van der Waals surface area contributed by atoms with Crippen LogP contribution in [0.15, 0.2) is 17.4 Å². The molecule has 1 unspecified atom stereocenters. The van der Waals surface area contributed by atoms with Crippen molar-refractivity contribution in [3.05, 3.63) is 18.0 Å². The van der Waals surface area contributed by atoms with Crippen LogP contribution in [-0.4, -0.2) is 68.8 Å². The zero-order chi connectivity index (χ0) is 14.7. The monoisotopic (exact) mass is 280 g/mol. The fourth-order valence-corrected chi connectivity index (χ4v) is 2.27. The summed E-state index contributed by atoms with van der Waals surface area (Å²) in [4.78, 5) is 16.1. The summed E-state index contributed by atoms with van der Waals surface area (Å²) in [5.74, 6) is 0.135. The second-order valence-electron chi connectivity index (χ2n) is 4.90. The molecule has 20 heavy (non-hydrogen) atoms. The van der Waals surface area contributed by atoms with Crippen molar-refractivity contribution >= 4 is 11.7 Å². The van der Waals surface area contributed by atoms with E-state index in [0.717, 1.165) is 0 Å². The summed E-state index contributed by atoms with van der Waals surface area (Å²) in [5, 5.41) is 15.8. The van der Waals surface area contributed by atoms with Gasteiger partial charge in [-0.2, -0.15) is 5.10 Å². The van der Waals surface area contributed by atoms with Gasteiger partial charge in [-0.1, -0.05) is 5.16 Å². The van der Waals surface area contributed by atoms with Crippen LogP contribution >= 0.6 is 0 Å². The molecule has 1 fully saturated rings. The smallest absolute Gasteiger partial charge is 0.274 e. The molecule has 1 aromatic heterocycles. The highest BCUT2D eigenvalue weighted by Crippen LogP contribution is 2.09. The molecule has 1 aliphatic heterocycles. The number of hydrogen-bond donors (Lipinski definition) is 2. The molecule has 8 heteroatoms. The van der Waals surface area contributed by atoms with E-state index in [1.165, 1.54) is 0 Å². The molecule has 0 saturated carbocycles. The molecule has 2 rings (SSSR count). The molecule has 0 aliphatic carbocycles. The lowest BCUT2D eigenvalue weighted by molar-refractivity contribution is 0.0612. The minimum atomic E-state index is -0.132. The molecule has 1 amide bonds. The van der Waals surface area contributed by atoms with Crippen LogP contribution < -0.4 is 5.73 Å². The van der Waals surface area contributed by atoms with E-state index in [9.17, 15) is 4.79 Å². The summed E-state index contributed by atoms with van der Waals surface area (Å²) in [5.41, 5.74) is 6.06. The minimum absolute atomic E-state index is 0.0540. The third-order valence-electron chi connectivity index (χ3n) is 3.63. The Morgan fingerprint density at radius 1 is 1.45 bits per heavy atom. The fraction of sp³-hybridized carbons (Fsp3) is 0.583. The van der Waals surface area contributed by atoms with Crippen LogP contribution in [0.1, 0.15) is 17.4 Å². The van der Waals surface area contributed by atoms with Crippen molar-refractivity contribution < 1.29 is 10.0 Å². The Labute approximate surface area is 117 Å². The van der Waals surface area contributed by atoms with Gasteiger partial charge in [0.25, 0.3) is 5.91 Å². The number of piperazine rings is 1. The Kier molecular flexibility index (Phi) is 4.23. The van der Waals surface area contributed by atoms with E-state index in [4.69, 9.17) is 10.9 Å². The van der Waals surface area contributed by atoms with Crippen LogP contribution in [0, 0.1) is 0 Å². The van der Waals surface area contributed by atoms with E-state index in [1.54, 1.807) is 28.9 Å². The molecular formula is C12H20N6O2. The largest absolute Gasteiger partial charge is 0.409 e. The molecule has 110 valence electrons. The summed E-state index contributed by atoms with van der Waals surface area (Å²) < 4.78 is 1.62. The van der Waals surface area contributed by atoms with Crippen molar-refractivity contribution in [2.75, 3.05) is 26.2 Å². The number of amides is 1. The van der Waals surface area contributed by atoms with Gasteiger partial charge in [0.05, 0.1) is 6.04 Å². The number of aromatic nitrogens is 2. The van der Waals surface area contributed by atoms with E-state index in [-0.39, 0.29) is 17.8 Å². The molecule has 0 radical (unpaired) electrons. The third-order valence-corrected chi connectivity index (χ3v) is 3.63. The Hall–Kier alpha value is -2.09. The zero-order valence-corrected chi connectivity index (χ0v) is 11.7. The molecule has 1 aliphatic rings. The first kappa shape index (κ1) is 14.3. The van der Waals surface area contributed by atoms with Gasteiger partial charge in [0.15, 0.2) is 5.84 Å². The lowest BCUT2D eigenvalue weighted by Crippen LogP contribution is -2.54. The molecule has 1 atom stereocenters. The van der Waals surface area contributed by atoms with Crippen LogP contribution in [-0.2, 0) is 7.05 Å². The van der Waals surface area contributed by atoms with Gasteiger partial charge >= 0.3 is 0 Å². The lowest BCUT2D eigenvalue weighted by atomic mass is 10.2. The van der Waals surface area contributed by atoms with Gasteiger partial charge in [-0.15, -0.1) is 0 Å².